The van der Waals surface area contributed by atoms with Gasteiger partial charge in [0.1, 0.15) is 0 Å². The summed E-state index contributed by atoms with van der Waals surface area (Å²) in [5.74, 6) is 0. The Labute approximate surface area is 46.8 Å². The molecule has 0 aromatic heterocycles. The average molecular weight is 112 g/mol. The molecule has 42 valence electrons. The molecule has 4 heteroatoms. The van der Waals surface area contributed by atoms with E-state index in [2.05, 4.69) is 9.47 Å². The van der Waals surface area contributed by atoms with Gasteiger partial charge in [-0.15, -0.1) is 0 Å². The fraction of sp³-hybridized carbons (Fsp3) is 0.500. The lowest BCUT2D eigenvalue weighted by molar-refractivity contribution is -0.0278. The van der Waals surface area contributed by atoms with Crippen molar-refractivity contribution < 1.29 is 9.47 Å². The van der Waals surface area contributed by atoms with E-state index in [4.69, 9.17) is 10.5 Å². The maximum atomic E-state index is 7.80. The van der Waals surface area contributed by atoms with E-state index in [0.29, 0.717) is 0 Å². The van der Waals surface area contributed by atoms with Crippen molar-refractivity contribution in [2.75, 3.05) is 0 Å². The minimum atomic E-state index is -0.759. The van der Waals surface area contributed by atoms with Gasteiger partial charge in [-0.25, -0.2) is 0 Å². The lowest BCUT2D eigenvalue weighted by atomic mass is 10.8. The van der Waals surface area contributed by atoms with Gasteiger partial charge in [0, 0.05) is 6.92 Å². The van der Waals surface area contributed by atoms with Gasteiger partial charge in [0.15, 0.2) is 0 Å². The molecule has 0 aromatic carbocycles. The highest BCUT2D eigenvalue weighted by Crippen LogP contribution is 1.87. The Morgan fingerprint density at radius 2 is 1.62 bits per heavy atom. The Balaban J connectivity index is 3.25. The van der Waals surface area contributed by atoms with E-state index in [-0.39, 0.29) is 0 Å². The van der Waals surface area contributed by atoms with Gasteiger partial charge in [-0.1, -0.05) is 0 Å². The summed E-state index contributed by atoms with van der Waals surface area (Å²) in [5.41, 5.74) is 0. The molecule has 0 atom stereocenters. The van der Waals surface area contributed by atoms with Crippen molar-refractivity contribution in [2.45, 2.75) is 13.2 Å². The molecule has 0 aliphatic rings. The molecule has 0 rings (SSSR count). The largest absolute Gasteiger partial charge is 0.384 e. The molecule has 0 aliphatic heterocycles. The summed E-state index contributed by atoms with van der Waals surface area (Å²) in [6.45, 7) is 1.45. The number of nitriles is 2. The monoisotopic (exact) mass is 112 g/mol. The third-order valence-corrected chi connectivity index (χ3v) is 0.437. The summed E-state index contributed by atoms with van der Waals surface area (Å²) in [7, 11) is 0. The minimum absolute atomic E-state index is 0.759. The summed E-state index contributed by atoms with van der Waals surface area (Å²) >= 11 is 0. The molecular formula is C4H4N2O2. The van der Waals surface area contributed by atoms with Crippen LogP contribution in [0.3, 0.4) is 0 Å². The van der Waals surface area contributed by atoms with E-state index < -0.39 is 6.29 Å². The summed E-state index contributed by atoms with van der Waals surface area (Å²) in [4.78, 5) is 0. The van der Waals surface area contributed by atoms with Crippen molar-refractivity contribution in [3.63, 3.8) is 0 Å². The van der Waals surface area contributed by atoms with Gasteiger partial charge in [-0.3, -0.25) is 0 Å². The molecule has 0 spiro atoms. The number of hydrogen-bond acceptors (Lipinski definition) is 4. The molecule has 0 bridgehead atoms. The third-order valence-electron chi connectivity index (χ3n) is 0.437. The average Bonchev–Trinajstić information content (AvgIpc) is 1.68. The fourth-order valence-electron chi connectivity index (χ4n) is 0.172. The zero-order chi connectivity index (χ0) is 6.41. The molecule has 0 saturated heterocycles. The van der Waals surface area contributed by atoms with E-state index in [0.717, 1.165) is 0 Å². The van der Waals surface area contributed by atoms with Crippen LogP contribution in [-0.2, 0) is 9.47 Å². The molecule has 0 heterocycles. The minimum Gasteiger partial charge on any atom is -0.384 e. The standard InChI is InChI=1S/C4H4N2O2/c1-4(7-2-5)8-3-6/h4H,1H3. The van der Waals surface area contributed by atoms with Crippen molar-refractivity contribution >= 4 is 0 Å². The maximum absolute atomic E-state index is 7.80. The number of hydrogen-bond donors (Lipinski definition) is 0. The quantitative estimate of drug-likeness (QED) is 0.381. The smallest absolute Gasteiger partial charge is 0.289 e. The predicted octanol–water partition coefficient (Wildman–Crippen LogP) is 0.328. The van der Waals surface area contributed by atoms with Gasteiger partial charge >= 0.3 is 0 Å². The van der Waals surface area contributed by atoms with Crippen LogP contribution in [0.15, 0.2) is 0 Å². The maximum Gasteiger partial charge on any atom is 0.289 e. The first-order valence-corrected chi connectivity index (χ1v) is 1.90. The predicted molar refractivity (Wildman–Crippen MR) is 22.9 cm³/mol. The van der Waals surface area contributed by atoms with Crippen molar-refractivity contribution in [1.82, 2.24) is 0 Å². The summed E-state index contributed by atoms with van der Waals surface area (Å²) in [6, 6.07) is 0. The van der Waals surface area contributed by atoms with E-state index in [1.54, 1.807) is 0 Å². The van der Waals surface area contributed by atoms with Crippen molar-refractivity contribution in [1.29, 1.82) is 10.5 Å². The van der Waals surface area contributed by atoms with Gasteiger partial charge in [-0.05, 0) is 0 Å². The number of nitrogens with zero attached hydrogens (tertiary/aromatic N) is 2. The topological polar surface area (TPSA) is 66.0 Å². The van der Waals surface area contributed by atoms with Crippen molar-refractivity contribution in [3.8, 4) is 12.5 Å². The van der Waals surface area contributed by atoms with Gasteiger partial charge in [0.25, 0.3) is 18.8 Å². The van der Waals surface area contributed by atoms with Gasteiger partial charge in [0.05, 0.1) is 0 Å². The highest BCUT2D eigenvalue weighted by atomic mass is 16.7. The van der Waals surface area contributed by atoms with Gasteiger partial charge in [-0.2, -0.15) is 10.5 Å². The molecule has 0 aromatic rings. The van der Waals surface area contributed by atoms with Gasteiger partial charge < -0.3 is 9.47 Å². The van der Waals surface area contributed by atoms with E-state index in [1.807, 2.05) is 0 Å². The Hall–Kier alpha value is -1.42. The molecule has 0 saturated carbocycles. The van der Waals surface area contributed by atoms with Crippen LogP contribution in [0.4, 0.5) is 0 Å². The van der Waals surface area contributed by atoms with E-state index >= 15 is 0 Å². The van der Waals surface area contributed by atoms with Crippen LogP contribution in [0.5, 0.6) is 0 Å². The van der Waals surface area contributed by atoms with Crippen molar-refractivity contribution in [3.05, 3.63) is 0 Å². The van der Waals surface area contributed by atoms with Crippen LogP contribution in [0.25, 0.3) is 0 Å². The molecule has 8 heavy (non-hydrogen) atoms. The number of ether oxygens (including phenoxy) is 2. The van der Waals surface area contributed by atoms with Crippen LogP contribution < -0.4 is 0 Å². The second-order valence-electron chi connectivity index (χ2n) is 0.986. The summed E-state index contributed by atoms with van der Waals surface area (Å²) < 4.78 is 8.29. The second kappa shape index (κ2) is 3.76. The highest BCUT2D eigenvalue weighted by molar-refractivity contribution is 4.53. The molecule has 4 nitrogen and oxygen atoms in total. The lowest BCUT2D eigenvalue weighted by Crippen LogP contribution is -2.04. The van der Waals surface area contributed by atoms with Crippen LogP contribution in [0, 0.1) is 23.0 Å². The SMILES string of the molecule is CC(OC#N)OC#N. The third kappa shape index (κ3) is 2.80. The summed E-state index contributed by atoms with van der Waals surface area (Å²) in [6.07, 6.45) is 1.99. The molecule has 0 unspecified atom stereocenters. The highest BCUT2D eigenvalue weighted by Gasteiger charge is 1.96. The van der Waals surface area contributed by atoms with Crippen LogP contribution in [0.1, 0.15) is 6.92 Å². The lowest BCUT2D eigenvalue weighted by Gasteiger charge is -1.99. The normalized spacial score (nSPS) is 7.00. The van der Waals surface area contributed by atoms with Crippen LogP contribution >= 0.6 is 0 Å². The first kappa shape index (κ1) is 6.58. The van der Waals surface area contributed by atoms with E-state index in [1.165, 1.54) is 19.4 Å². The van der Waals surface area contributed by atoms with E-state index in [9.17, 15) is 0 Å². The zero-order valence-electron chi connectivity index (χ0n) is 4.29. The Morgan fingerprint density at radius 1 is 1.25 bits per heavy atom. The number of rotatable bonds is 2. The first-order valence-electron chi connectivity index (χ1n) is 1.90. The molecule has 0 aliphatic carbocycles. The molecule has 0 fully saturated rings. The fourth-order valence-corrected chi connectivity index (χ4v) is 0.172. The molecule has 0 N–H and O–H groups in total. The Bertz CT molecular complexity index is 116. The Morgan fingerprint density at radius 3 is 1.88 bits per heavy atom. The summed E-state index contributed by atoms with van der Waals surface area (Å²) in [5, 5.41) is 15.6. The van der Waals surface area contributed by atoms with Crippen LogP contribution in [-0.4, -0.2) is 6.29 Å². The zero-order valence-corrected chi connectivity index (χ0v) is 4.29. The first-order chi connectivity index (χ1) is 3.81. The second-order valence-corrected chi connectivity index (χ2v) is 0.986. The van der Waals surface area contributed by atoms with Gasteiger partial charge in [0.2, 0.25) is 0 Å². The molecule has 0 amide bonds. The molecule has 0 radical (unpaired) electrons. The van der Waals surface area contributed by atoms with Crippen LogP contribution in [0.2, 0.25) is 0 Å². The van der Waals surface area contributed by atoms with Crippen molar-refractivity contribution in [2.24, 2.45) is 0 Å². The Kier molecular flexibility index (Phi) is 3.09. The molecular weight excluding hydrogens is 108 g/mol.